The van der Waals surface area contributed by atoms with Gasteiger partial charge in [0.1, 0.15) is 0 Å². The quantitative estimate of drug-likeness (QED) is 0.672. The minimum atomic E-state index is 0.418. The van der Waals surface area contributed by atoms with Crippen LogP contribution in [0.2, 0.25) is 0 Å². The van der Waals surface area contributed by atoms with Gasteiger partial charge in [0, 0.05) is 19.1 Å². The second kappa shape index (κ2) is 3.75. The van der Waals surface area contributed by atoms with Gasteiger partial charge in [-0.3, -0.25) is 0 Å². The molecule has 1 saturated heterocycles. The van der Waals surface area contributed by atoms with E-state index in [1.807, 2.05) is 0 Å². The Morgan fingerprint density at radius 1 is 1.42 bits per heavy atom. The lowest BCUT2D eigenvalue weighted by atomic mass is 9.96. The van der Waals surface area contributed by atoms with Crippen LogP contribution in [0.4, 0.5) is 0 Å². The van der Waals surface area contributed by atoms with Crippen molar-refractivity contribution in [1.29, 1.82) is 0 Å². The summed E-state index contributed by atoms with van der Waals surface area (Å²) < 4.78 is 0. The van der Waals surface area contributed by atoms with Gasteiger partial charge in [0.25, 0.3) is 0 Å². The van der Waals surface area contributed by atoms with Gasteiger partial charge in [0.2, 0.25) is 0 Å². The number of likely N-dealkylation sites (tertiary alicyclic amines) is 1. The molecule has 12 heavy (non-hydrogen) atoms. The van der Waals surface area contributed by atoms with Gasteiger partial charge in [0.05, 0.1) is 0 Å². The fraction of sp³-hybridized carbons (Fsp3) is 1.00. The number of hydrogen-bond acceptors (Lipinski definition) is 2. The van der Waals surface area contributed by atoms with Crippen LogP contribution >= 0.6 is 0 Å². The smallest absolute Gasteiger partial charge is 0.0207 e. The lowest BCUT2D eigenvalue weighted by Crippen LogP contribution is -2.37. The zero-order chi connectivity index (χ0) is 9.19. The Morgan fingerprint density at radius 3 is 2.50 bits per heavy atom. The molecule has 0 aromatic carbocycles. The standard InChI is InChI=1S/C10H22N2/c1-10(2,3)8-11-9-5-6-12(4)7-9/h9,11H,5-8H2,1-4H3. The van der Waals surface area contributed by atoms with Crippen LogP contribution in [0.15, 0.2) is 0 Å². The second-order valence-electron chi connectivity index (χ2n) is 5.19. The van der Waals surface area contributed by atoms with E-state index in [0.29, 0.717) is 5.41 Å². The maximum Gasteiger partial charge on any atom is 0.0207 e. The van der Waals surface area contributed by atoms with Crippen molar-refractivity contribution in [3.05, 3.63) is 0 Å². The molecule has 0 amide bonds. The molecule has 0 radical (unpaired) electrons. The first-order valence-electron chi connectivity index (χ1n) is 4.89. The van der Waals surface area contributed by atoms with Crippen LogP contribution in [0.5, 0.6) is 0 Å². The monoisotopic (exact) mass is 170 g/mol. The molecule has 0 aromatic rings. The van der Waals surface area contributed by atoms with Crippen LogP contribution < -0.4 is 5.32 Å². The van der Waals surface area contributed by atoms with Crippen molar-refractivity contribution in [3.63, 3.8) is 0 Å². The van der Waals surface area contributed by atoms with Crippen LogP contribution in [0.3, 0.4) is 0 Å². The van der Waals surface area contributed by atoms with Crippen LogP contribution in [-0.4, -0.2) is 37.6 Å². The van der Waals surface area contributed by atoms with E-state index < -0.39 is 0 Å². The zero-order valence-corrected chi connectivity index (χ0v) is 8.85. The van der Waals surface area contributed by atoms with E-state index in [2.05, 4.69) is 38.0 Å². The number of likely N-dealkylation sites (N-methyl/N-ethyl adjacent to an activating group) is 1. The number of nitrogens with zero attached hydrogens (tertiary/aromatic N) is 1. The third-order valence-corrected chi connectivity index (χ3v) is 2.31. The Hall–Kier alpha value is -0.0800. The van der Waals surface area contributed by atoms with E-state index in [-0.39, 0.29) is 0 Å². The molecule has 1 unspecified atom stereocenters. The Balaban J connectivity index is 2.16. The lowest BCUT2D eigenvalue weighted by Gasteiger charge is -2.22. The molecule has 1 fully saturated rings. The van der Waals surface area contributed by atoms with Gasteiger partial charge in [-0.1, -0.05) is 20.8 Å². The maximum atomic E-state index is 3.61. The molecule has 1 N–H and O–H groups in total. The molecule has 0 aromatic heterocycles. The molecule has 1 atom stereocenters. The summed E-state index contributed by atoms with van der Waals surface area (Å²) in [7, 11) is 2.19. The van der Waals surface area contributed by atoms with Crippen molar-refractivity contribution in [1.82, 2.24) is 10.2 Å². The summed E-state index contributed by atoms with van der Waals surface area (Å²) in [5, 5.41) is 3.61. The topological polar surface area (TPSA) is 15.3 Å². The van der Waals surface area contributed by atoms with Crippen molar-refractivity contribution < 1.29 is 0 Å². The van der Waals surface area contributed by atoms with Gasteiger partial charge in [-0.2, -0.15) is 0 Å². The van der Waals surface area contributed by atoms with Crippen molar-refractivity contribution in [3.8, 4) is 0 Å². The fourth-order valence-electron chi connectivity index (χ4n) is 1.55. The molecule has 1 rings (SSSR count). The first-order valence-corrected chi connectivity index (χ1v) is 4.89. The molecule has 1 heterocycles. The highest BCUT2D eigenvalue weighted by Gasteiger charge is 2.20. The third kappa shape index (κ3) is 3.55. The largest absolute Gasteiger partial charge is 0.312 e. The average Bonchev–Trinajstić information content (AvgIpc) is 2.30. The van der Waals surface area contributed by atoms with Gasteiger partial charge in [0.15, 0.2) is 0 Å². The Morgan fingerprint density at radius 2 is 2.08 bits per heavy atom. The normalized spacial score (nSPS) is 26.5. The van der Waals surface area contributed by atoms with Gasteiger partial charge in [-0.15, -0.1) is 0 Å². The molecule has 0 saturated carbocycles. The molecule has 0 aliphatic carbocycles. The summed E-state index contributed by atoms with van der Waals surface area (Å²) >= 11 is 0. The molecule has 0 bridgehead atoms. The number of nitrogens with one attached hydrogen (secondary N) is 1. The molecule has 72 valence electrons. The first kappa shape index (κ1) is 10.0. The molecule has 0 spiro atoms. The summed E-state index contributed by atoms with van der Waals surface area (Å²) in [6, 6.07) is 0.731. The highest BCUT2D eigenvalue weighted by molar-refractivity contribution is 4.80. The molecule has 1 aliphatic rings. The molecule has 2 heteroatoms. The van der Waals surface area contributed by atoms with Crippen LogP contribution in [0, 0.1) is 5.41 Å². The van der Waals surface area contributed by atoms with E-state index in [1.54, 1.807) is 0 Å². The summed E-state index contributed by atoms with van der Waals surface area (Å²) in [5.74, 6) is 0. The summed E-state index contributed by atoms with van der Waals surface area (Å²) in [6.45, 7) is 10.4. The lowest BCUT2D eigenvalue weighted by molar-refractivity contribution is 0.341. The number of rotatable bonds is 2. The average molecular weight is 170 g/mol. The van der Waals surface area contributed by atoms with E-state index in [0.717, 1.165) is 12.6 Å². The Bertz CT molecular complexity index is 137. The zero-order valence-electron chi connectivity index (χ0n) is 8.85. The summed E-state index contributed by atoms with van der Waals surface area (Å²) in [5.41, 5.74) is 0.418. The summed E-state index contributed by atoms with van der Waals surface area (Å²) in [6.07, 6.45) is 1.31. The van der Waals surface area contributed by atoms with Gasteiger partial charge in [-0.25, -0.2) is 0 Å². The highest BCUT2D eigenvalue weighted by atomic mass is 15.2. The maximum absolute atomic E-state index is 3.61. The van der Waals surface area contributed by atoms with E-state index in [4.69, 9.17) is 0 Å². The van der Waals surface area contributed by atoms with Gasteiger partial charge >= 0.3 is 0 Å². The fourth-order valence-corrected chi connectivity index (χ4v) is 1.55. The van der Waals surface area contributed by atoms with Crippen LogP contribution in [0.25, 0.3) is 0 Å². The first-order chi connectivity index (χ1) is 5.47. The molecule has 2 nitrogen and oxygen atoms in total. The minimum absolute atomic E-state index is 0.418. The van der Waals surface area contributed by atoms with E-state index >= 15 is 0 Å². The second-order valence-corrected chi connectivity index (χ2v) is 5.19. The van der Waals surface area contributed by atoms with Crippen molar-refractivity contribution in [2.24, 2.45) is 5.41 Å². The predicted octanol–water partition coefficient (Wildman–Crippen LogP) is 1.33. The molecular formula is C10H22N2. The minimum Gasteiger partial charge on any atom is -0.312 e. The Kier molecular flexibility index (Phi) is 3.13. The van der Waals surface area contributed by atoms with Gasteiger partial charge in [-0.05, 0) is 25.4 Å². The van der Waals surface area contributed by atoms with Crippen LogP contribution in [0.1, 0.15) is 27.2 Å². The predicted molar refractivity (Wildman–Crippen MR) is 53.4 cm³/mol. The number of hydrogen-bond donors (Lipinski definition) is 1. The van der Waals surface area contributed by atoms with Gasteiger partial charge < -0.3 is 10.2 Å². The van der Waals surface area contributed by atoms with E-state index in [1.165, 1.54) is 19.5 Å². The van der Waals surface area contributed by atoms with Crippen molar-refractivity contribution in [2.75, 3.05) is 26.7 Å². The SMILES string of the molecule is CN1CCC(NCC(C)(C)C)C1. The highest BCUT2D eigenvalue weighted by Crippen LogP contribution is 2.13. The third-order valence-electron chi connectivity index (χ3n) is 2.31. The summed E-state index contributed by atoms with van der Waals surface area (Å²) in [4.78, 5) is 2.39. The van der Waals surface area contributed by atoms with E-state index in [9.17, 15) is 0 Å². The van der Waals surface area contributed by atoms with Crippen molar-refractivity contribution in [2.45, 2.75) is 33.2 Å². The molecule has 1 aliphatic heterocycles. The van der Waals surface area contributed by atoms with Crippen LogP contribution in [-0.2, 0) is 0 Å². The molecular weight excluding hydrogens is 148 g/mol. The van der Waals surface area contributed by atoms with Crippen molar-refractivity contribution >= 4 is 0 Å². The Labute approximate surface area is 76.3 Å².